The van der Waals surface area contributed by atoms with Crippen molar-refractivity contribution in [3.8, 4) is 5.75 Å². The normalized spacial score (nSPS) is 12.6. The van der Waals surface area contributed by atoms with E-state index in [1.54, 1.807) is 6.92 Å². The van der Waals surface area contributed by atoms with Gasteiger partial charge in [0.05, 0.1) is 12.1 Å². The largest absolute Gasteiger partial charge is 0.491 e. The van der Waals surface area contributed by atoms with Crippen LogP contribution in [0.2, 0.25) is 0 Å². The lowest BCUT2D eigenvalue weighted by molar-refractivity contribution is -0.138. The van der Waals surface area contributed by atoms with E-state index in [1.807, 2.05) is 0 Å². The maximum atomic E-state index is 12.7. The number of aliphatic hydroxyl groups excluding tert-OH is 1. The highest BCUT2D eigenvalue weighted by atomic mass is 19.4. The van der Waals surface area contributed by atoms with Crippen molar-refractivity contribution in [1.29, 1.82) is 0 Å². The monoisotopic (exact) mass is 320 g/mol. The van der Waals surface area contributed by atoms with E-state index in [4.69, 9.17) is 9.84 Å². The number of urea groups is 1. The number of para-hydroxylation sites is 1. The molecule has 0 heterocycles. The van der Waals surface area contributed by atoms with Gasteiger partial charge in [-0.05, 0) is 25.5 Å². The van der Waals surface area contributed by atoms with Crippen LogP contribution in [0.5, 0.6) is 5.75 Å². The second-order valence-electron chi connectivity index (χ2n) is 4.66. The predicted octanol–water partition coefficient (Wildman–Crippen LogP) is 2.15. The molecule has 124 valence electrons. The number of alkyl halides is 3. The molecule has 0 saturated heterocycles. The van der Waals surface area contributed by atoms with Gasteiger partial charge in [-0.1, -0.05) is 12.1 Å². The molecule has 0 unspecified atom stereocenters. The van der Waals surface area contributed by atoms with Crippen LogP contribution in [0, 0.1) is 0 Å². The van der Waals surface area contributed by atoms with E-state index in [9.17, 15) is 18.0 Å². The summed E-state index contributed by atoms with van der Waals surface area (Å²) in [6.07, 6.45) is -4.07. The zero-order valence-electron chi connectivity index (χ0n) is 12.1. The molecule has 22 heavy (non-hydrogen) atoms. The van der Waals surface area contributed by atoms with E-state index in [2.05, 4.69) is 10.6 Å². The Morgan fingerprint density at radius 1 is 1.36 bits per heavy atom. The Morgan fingerprint density at radius 2 is 2.05 bits per heavy atom. The fraction of sp³-hybridized carbons (Fsp3) is 0.500. The number of carbonyl (C=O) groups excluding carboxylic acids is 1. The quantitative estimate of drug-likeness (QED) is 0.674. The third-order valence-corrected chi connectivity index (χ3v) is 2.78. The van der Waals surface area contributed by atoms with Crippen molar-refractivity contribution in [1.82, 2.24) is 10.6 Å². The van der Waals surface area contributed by atoms with Crippen molar-refractivity contribution in [2.45, 2.75) is 25.6 Å². The lowest BCUT2D eigenvalue weighted by Crippen LogP contribution is -2.42. The molecule has 1 aromatic carbocycles. The van der Waals surface area contributed by atoms with Crippen molar-refractivity contribution >= 4 is 6.03 Å². The minimum Gasteiger partial charge on any atom is -0.491 e. The number of rotatable bonds is 7. The number of benzene rings is 1. The maximum Gasteiger partial charge on any atom is 0.419 e. The summed E-state index contributed by atoms with van der Waals surface area (Å²) in [5.74, 6) is -0.272. The number of nitrogens with one attached hydrogen (secondary N) is 2. The molecule has 0 aliphatic heterocycles. The van der Waals surface area contributed by atoms with E-state index in [0.29, 0.717) is 6.42 Å². The molecular formula is C14H19F3N2O3. The Hall–Kier alpha value is -1.96. The van der Waals surface area contributed by atoms with Crippen LogP contribution in [-0.2, 0) is 6.18 Å². The van der Waals surface area contributed by atoms with Gasteiger partial charge in [0.1, 0.15) is 12.4 Å². The zero-order valence-corrected chi connectivity index (χ0v) is 12.1. The molecule has 0 bridgehead atoms. The summed E-state index contributed by atoms with van der Waals surface area (Å²) in [5, 5.41) is 13.7. The molecule has 0 aliphatic carbocycles. The summed E-state index contributed by atoms with van der Waals surface area (Å²) in [5.41, 5.74) is -0.851. The van der Waals surface area contributed by atoms with E-state index in [-0.39, 0.29) is 31.5 Å². The van der Waals surface area contributed by atoms with Gasteiger partial charge in [0.25, 0.3) is 0 Å². The SMILES string of the molecule is C[C@H](CCO)NC(=O)NCCOc1ccccc1C(F)(F)F. The van der Waals surface area contributed by atoms with Gasteiger partial charge in [-0.3, -0.25) is 0 Å². The van der Waals surface area contributed by atoms with Crippen LogP contribution in [0.4, 0.5) is 18.0 Å². The fourth-order valence-electron chi connectivity index (χ4n) is 1.69. The molecule has 0 spiro atoms. The number of amides is 2. The van der Waals surface area contributed by atoms with Gasteiger partial charge in [0.15, 0.2) is 0 Å². The van der Waals surface area contributed by atoms with Crippen molar-refractivity contribution in [3.63, 3.8) is 0 Å². The molecule has 1 rings (SSSR count). The lowest BCUT2D eigenvalue weighted by Gasteiger charge is -2.15. The summed E-state index contributed by atoms with van der Waals surface area (Å²) in [6.45, 7) is 1.66. The molecular weight excluding hydrogens is 301 g/mol. The van der Waals surface area contributed by atoms with E-state index < -0.39 is 17.8 Å². The molecule has 3 N–H and O–H groups in total. The molecule has 2 amide bonds. The molecule has 1 atom stereocenters. The second kappa shape index (κ2) is 8.47. The van der Waals surface area contributed by atoms with Gasteiger partial charge in [-0.15, -0.1) is 0 Å². The summed E-state index contributed by atoms with van der Waals surface area (Å²) in [4.78, 5) is 11.4. The summed E-state index contributed by atoms with van der Waals surface area (Å²) in [7, 11) is 0. The Labute approximate surface area is 126 Å². The Bertz CT molecular complexity index is 481. The highest BCUT2D eigenvalue weighted by molar-refractivity contribution is 5.74. The average Bonchev–Trinajstić information content (AvgIpc) is 2.43. The van der Waals surface area contributed by atoms with Gasteiger partial charge in [0.2, 0.25) is 0 Å². The average molecular weight is 320 g/mol. The van der Waals surface area contributed by atoms with Crippen LogP contribution >= 0.6 is 0 Å². The van der Waals surface area contributed by atoms with Crippen LogP contribution in [0.3, 0.4) is 0 Å². The molecule has 0 aliphatic rings. The molecule has 5 nitrogen and oxygen atoms in total. The first-order valence-electron chi connectivity index (χ1n) is 6.79. The topological polar surface area (TPSA) is 70.6 Å². The Balaban J connectivity index is 2.38. The first kappa shape index (κ1) is 18.1. The number of hydrogen-bond acceptors (Lipinski definition) is 3. The Morgan fingerprint density at radius 3 is 2.68 bits per heavy atom. The van der Waals surface area contributed by atoms with E-state index in [1.165, 1.54) is 18.2 Å². The van der Waals surface area contributed by atoms with Crippen LogP contribution in [-0.4, -0.2) is 36.9 Å². The number of ether oxygens (including phenoxy) is 1. The van der Waals surface area contributed by atoms with Gasteiger partial charge in [-0.2, -0.15) is 13.2 Å². The molecule has 0 aromatic heterocycles. The predicted molar refractivity (Wildman–Crippen MR) is 74.6 cm³/mol. The Kier molecular flexibility index (Phi) is 6.97. The summed E-state index contributed by atoms with van der Waals surface area (Å²) < 4.78 is 43.2. The minimum atomic E-state index is -4.48. The minimum absolute atomic E-state index is 0.0429. The van der Waals surface area contributed by atoms with Crippen LogP contribution < -0.4 is 15.4 Å². The van der Waals surface area contributed by atoms with Crippen LogP contribution in [0.15, 0.2) is 24.3 Å². The van der Waals surface area contributed by atoms with Gasteiger partial charge in [-0.25, -0.2) is 4.79 Å². The third kappa shape index (κ3) is 6.21. The summed E-state index contributed by atoms with van der Waals surface area (Å²) >= 11 is 0. The maximum absolute atomic E-state index is 12.7. The fourth-order valence-corrected chi connectivity index (χ4v) is 1.69. The molecule has 1 aromatic rings. The molecule has 8 heteroatoms. The van der Waals surface area contributed by atoms with E-state index >= 15 is 0 Å². The van der Waals surface area contributed by atoms with Crippen LogP contribution in [0.25, 0.3) is 0 Å². The second-order valence-corrected chi connectivity index (χ2v) is 4.66. The highest BCUT2D eigenvalue weighted by Crippen LogP contribution is 2.35. The van der Waals surface area contributed by atoms with Crippen LogP contribution in [0.1, 0.15) is 18.9 Å². The first-order chi connectivity index (χ1) is 10.3. The highest BCUT2D eigenvalue weighted by Gasteiger charge is 2.33. The van der Waals surface area contributed by atoms with E-state index in [0.717, 1.165) is 6.07 Å². The lowest BCUT2D eigenvalue weighted by atomic mass is 10.2. The van der Waals surface area contributed by atoms with Gasteiger partial charge in [0, 0.05) is 12.6 Å². The van der Waals surface area contributed by atoms with Gasteiger partial charge >= 0.3 is 12.2 Å². The number of halogens is 3. The smallest absolute Gasteiger partial charge is 0.419 e. The number of aliphatic hydroxyl groups is 1. The zero-order chi connectivity index (χ0) is 16.6. The third-order valence-electron chi connectivity index (χ3n) is 2.78. The number of carbonyl (C=O) groups is 1. The standard InChI is InChI=1S/C14H19F3N2O3/c1-10(6-8-20)19-13(21)18-7-9-22-12-5-3-2-4-11(12)14(15,16)17/h2-5,10,20H,6-9H2,1H3,(H2,18,19,21)/t10-/m1/s1. The number of hydrogen-bond donors (Lipinski definition) is 3. The molecule has 0 radical (unpaired) electrons. The first-order valence-corrected chi connectivity index (χ1v) is 6.79. The van der Waals surface area contributed by atoms with Crippen molar-refractivity contribution in [3.05, 3.63) is 29.8 Å². The van der Waals surface area contributed by atoms with Gasteiger partial charge < -0.3 is 20.5 Å². The van der Waals surface area contributed by atoms with Crippen molar-refractivity contribution in [2.75, 3.05) is 19.8 Å². The summed E-state index contributed by atoms with van der Waals surface area (Å²) in [6, 6.07) is 4.23. The van der Waals surface area contributed by atoms with Crippen molar-refractivity contribution in [2.24, 2.45) is 0 Å². The molecule has 0 fully saturated rings. The molecule has 0 saturated carbocycles. The van der Waals surface area contributed by atoms with Crippen molar-refractivity contribution < 1.29 is 27.8 Å².